The van der Waals surface area contributed by atoms with E-state index in [-0.39, 0.29) is 5.91 Å². The van der Waals surface area contributed by atoms with Crippen LogP contribution in [0.2, 0.25) is 0 Å². The maximum atomic E-state index is 10.7. The first-order valence-electron chi connectivity index (χ1n) is 7.20. The lowest BCUT2D eigenvalue weighted by Crippen LogP contribution is -2.36. The summed E-state index contributed by atoms with van der Waals surface area (Å²) < 4.78 is 0. The Balaban J connectivity index is 2.11. The standard InChI is InChI=1S/C14H28N2O/c1-3-5-13-6-4-7-14(9-8-13)16-11-10-15-12(2)17/h13-14,16H,3-11H2,1-2H3,(H,15,17). The SMILES string of the molecule is CCCC1CCCC(NCCNC(C)=O)CC1. The second-order valence-electron chi connectivity index (χ2n) is 5.30. The Morgan fingerprint density at radius 3 is 2.71 bits per heavy atom. The summed E-state index contributed by atoms with van der Waals surface area (Å²) in [7, 11) is 0. The van der Waals surface area contributed by atoms with Gasteiger partial charge in [0.05, 0.1) is 0 Å². The van der Waals surface area contributed by atoms with E-state index in [4.69, 9.17) is 0 Å². The van der Waals surface area contributed by atoms with Crippen LogP contribution in [0.4, 0.5) is 0 Å². The van der Waals surface area contributed by atoms with Gasteiger partial charge in [0.15, 0.2) is 0 Å². The van der Waals surface area contributed by atoms with Crippen LogP contribution in [0.3, 0.4) is 0 Å². The maximum Gasteiger partial charge on any atom is 0.216 e. The van der Waals surface area contributed by atoms with Gasteiger partial charge < -0.3 is 10.6 Å². The molecule has 0 saturated heterocycles. The summed E-state index contributed by atoms with van der Waals surface area (Å²) in [5, 5.41) is 6.39. The molecule has 2 atom stereocenters. The highest BCUT2D eigenvalue weighted by atomic mass is 16.1. The van der Waals surface area contributed by atoms with Crippen LogP contribution in [-0.2, 0) is 4.79 Å². The van der Waals surface area contributed by atoms with Crippen LogP contribution in [-0.4, -0.2) is 25.0 Å². The van der Waals surface area contributed by atoms with Crippen molar-refractivity contribution in [2.75, 3.05) is 13.1 Å². The van der Waals surface area contributed by atoms with Gasteiger partial charge in [-0.2, -0.15) is 0 Å². The van der Waals surface area contributed by atoms with E-state index >= 15 is 0 Å². The molecule has 0 bridgehead atoms. The minimum Gasteiger partial charge on any atom is -0.355 e. The Bertz CT molecular complexity index is 218. The average Bonchev–Trinajstić information content (AvgIpc) is 2.51. The Hall–Kier alpha value is -0.570. The summed E-state index contributed by atoms with van der Waals surface area (Å²) in [5.74, 6) is 1.03. The minimum atomic E-state index is 0.0654. The molecular formula is C14H28N2O. The van der Waals surface area contributed by atoms with Crippen LogP contribution in [0.15, 0.2) is 0 Å². The maximum absolute atomic E-state index is 10.7. The van der Waals surface area contributed by atoms with Crippen molar-refractivity contribution in [3.63, 3.8) is 0 Å². The fourth-order valence-electron chi connectivity index (χ4n) is 2.79. The van der Waals surface area contributed by atoms with Gasteiger partial charge in [0.2, 0.25) is 5.91 Å². The van der Waals surface area contributed by atoms with Gasteiger partial charge in [0, 0.05) is 26.1 Å². The number of rotatable bonds is 6. The zero-order valence-corrected chi connectivity index (χ0v) is 11.4. The van der Waals surface area contributed by atoms with Gasteiger partial charge in [-0.3, -0.25) is 4.79 Å². The van der Waals surface area contributed by atoms with Crippen molar-refractivity contribution in [1.82, 2.24) is 10.6 Å². The van der Waals surface area contributed by atoms with E-state index in [1.165, 1.54) is 44.9 Å². The Morgan fingerprint density at radius 1 is 1.18 bits per heavy atom. The van der Waals surface area contributed by atoms with Crippen molar-refractivity contribution in [2.45, 2.75) is 64.8 Å². The van der Waals surface area contributed by atoms with Crippen molar-refractivity contribution in [3.8, 4) is 0 Å². The number of nitrogens with one attached hydrogen (secondary N) is 2. The van der Waals surface area contributed by atoms with Crippen LogP contribution < -0.4 is 10.6 Å². The number of hydrogen-bond donors (Lipinski definition) is 2. The predicted octanol–water partition coefficient (Wildman–Crippen LogP) is 2.46. The van der Waals surface area contributed by atoms with E-state index in [0.717, 1.165) is 19.0 Å². The Labute approximate surface area is 106 Å². The van der Waals surface area contributed by atoms with E-state index in [9.17, 15) is 4.79 Å². The first-order chi connectivity index (χ1) is 8.22. The Morgan fingerprint density at radius 2 is 2.00 bits per heavy atom. The van der Waals surface area contributed by atoms with Gasteiger partial charge in [0.1, 0.15) is 0 Å². The molecular weight excluding hydrogens is 212 g/mol. The molecule has 1 amide bonds. The molecule has 0 radical (unpaired) electrons. The lowest BCUT2D eigenvalue weighted by Gasteiger charge is -2.16. The summed E-state index contributed by atoms with van der Waals surface area (Å²) in [4.78, 5) is 10.7. The third-order valence-electron chi connectivity index (χ3n) is 3.72. The summed E-state index contributed by atoms with van der Waals surface area (Å²) in [6, 6.07) is 0.672. The smallest absolute Gasteiger partial charge is 0.216 e. The predicted molar refractivity (Wildman–Crippen MR) is 72.0 cm³/mol. The van der Waals surface area contributed by atoms with E-state index in [0.29, 0.717) is 6.04 Å². The van der Waals surface area contributed by atoms with Gasteiger partial charge in [0.25, 0.3) is 0 Å². The molecule has 2 unspecified atom stereocenters. The molecule has 0 aromatic rings. The van der Waals surface area contributed by atoms with Gasteiger partial charge in [-0.15, -0.1) is 0 Å². The zero-order chi connectivity index (χ0) is 12.5. The van der Waals surface area contributed by atoms with E-state index in [2.05, 4.69) is 17.6 Å². The molecule has 100 valence electrons. The quantitative estimate of drug-likeness (QED) is 0.553. The number of carbonyl (C=O) groups excluding carboxylic acids is 1. The zero-order valence-electron chi connectivity index (χ0n) is 11.4. The lowest BCUT2D eigenvalue weighted by atomic mass is 9.95. The fraction of sp³-hybridized carbons (Fsp3) is 0.929. The lowest BCUT2D eigenvalue weighted by molar-refractivity contribution is -0.118. The Kier molecular flexibility index (Phi) is 7.25. The molecule has 0 aromatic carbocycles. The largest absolute Gasteiger partial charge is 0.355 e. The molecule has 0 heterocycles. The molecule has 3 heteroatoms. The summed E-state index contributed by atoms with van der Waals surface area (Å²) >= 11 is 0. The van der Waals surface area contributed by atoms with Crippen molar-refractivity contribution in [1.29, 1.82) is 0 Å². The fourth-order valence-corrected chi connectivity index (χ4v) is 2.79. The normalized spacial score (nSPS) is 25.3. The van der Waals surface area contributed by atoms with E-state index in [1.807, 2.05) is 0 Å². The summed E-state index contributed by atoms with van der Waals surface area (Å²) in [5.41, 5.74) is 0. The number of hydrogen-bond acceptors (Lipinski definition) is 2. The van der Waals surface area contributed by atoms with Crippen molar-refractivity contribution < 1.29 is 4.79 Å². The third kappa shape index (κ3) is 6.67. The van der Waals surface area contributed by atoms with Crippen LogP contribution >= 0.6 is 0 Å². The molecule has 3 nitrogen and oxygen atoms in total. The highest BCUT2D eigenvalue weighted by molar-refractivity contribution is 5.72. The molecule has 1 aliphatic carbocycles. The van der Waals surface area contributed by atoms with E-state index < -0.39 is 0 Å². The van der Waals surface area contributed by atoms with Crippen molar-refractivity contribution >= 4 is 5.91 Å². The van der Waals surface area contributed by atoms with Crippen LogP contribution in [0.25, 0.3) is 0 Å². The van der Waals surface area contributed by atoms with Crippen molar-refractivity contribution in [3.05, 3.63) is 0 Å². The van der Waals surface area contributed by atoms with Crippen LogP contribution in [0.5, 0.6) is 0 Å². The number of carbonyl (C=O) groups is 1. The molecule has 0 aromatic heterocycles. The highest BCUT2D eigenvalue weighted by Crippen LogP contribution is 2.26. The molecule has 1 rings (SSSR count). The van der Waals surface area contributed by atoms with Gasteiger partial charge in [-0.1, -0.05) is 32.6 Å². The first kappa shape index (κ1) is 14.5. The molecule has 1 fully saturated rings. The van der Waals surface area contributed by atoms with Crippen molar-refractivity contribution in [2.24, 2.45) is 5.92 Å². The first-order valence-corrected chi connectivity index (χ1v) is 7.20. The second-order valence-corrected chi connectivity index (χ2v) is 5.30. The average molecular weight is 240 g/mol. The van der Waals surface area contributed by atoms with Crippen LogP contribution in [0, 0.1) is 5.92 Å². The molecule has 17 heavy (non-hydrogen) atoms. The molecule has 1 aliphatic rings. The molecule has 0 spiro atoms. The minimum absolute atomic E-state index is 0.0654. The van der Waals surface area contributed by atoms with Gasteiger partial charge in [-0.25, -0.2) is 0 Å². The monoisotopic (exact) mass is 240 g/mol. The molecule has 0 aliphatic heterocycles. The molecule has 2 N–H and O–H groups in total. The summed E-state index contributed by atoms with van der Waals surface area (Å²) in [6.07, 6.45) is 9.50. The van der Waals surface area contributed by atoms with Gasteiger partial charge >= 0.3 is 0 Å². The van der Waals surface area contributed by atoms with Crippen LogP contribution in [0.1, 0.15) is 58.8 Å². The molecule has 1 saturated carbocycles. The summed E-state index contributed by atoms with van der Waals surface area (Å²) in [6.45, 7) is 5.52. The second kappa shape index (κ2) is 8.51. The third-order valence-corrected chi connectivity index (χ3v) is 3.72. The van der Waals surface area contributed by atoms with Gasteiger partial charge in [-0.05, 0) is 25.2 Å². The highest BCUT2D eigenvalue weighted by Gasteiger charge is 2.17. The van der Waals surface area contributed by atoms with E-state index in [1.54, 1.807) is 6.92 Å². The number of amides is 1. The topological polar surface area (TPSA) is 41.1 Å².